The summed E-state index contributed by atoms with van der Waals surface area (Å²) in [6.45, 7) is 6.95. The van der Waals surface area contributed by atoms with Crippen molar-refractivity contribution in [2.45, 2.75) is 26.7 Å². The van der Waals surface area contributed by atoms with E-state index in [0.717, 1.165) is 5.56 Å². The van der Waals surface area contributed by atoms with Crippen LogP contribution in [0.5, 0.6) is 0 Å². The fraction of sp³-hybridized carbons (Fsp3) is 0.467. The summed E-state index contributed by atoms with van der Waals surface area (Å²) in [6.07, 6.45) is 0. The van der Waals surface area contributed by atoms with Crippen molar-refractivity contribution in [1.82, 2.24) is 10.6 Å². The third kappa shape index (κ3) is 5.55. The number of rotatable bonds is 5. The van der Waals surface area contributed by atoms with E-state index < -0.39 is 11.8 Å². The molecule has 1 aromatic carbocycles. The molecule has 2 amide bonds. The summed E-state index contributed by atoms with van der Waals surface area (Å²) in [4.78, 5) is 23.0. The molecule has 19 heavy (non-hydrogen) atoms. The van der Waals surface area contributed by atoms with E-state index in [9.17, 15) is 9.59 Å². The second kappa shape index (κ2) is 7.56. The molecule has 0 fully saturated rings. The molecule has 104 valence electrons. The second-order valence-electron chi connectivity index (χ2n) is 5.13. The Labute approximate surface area is 114 Å². The first-order chi connectivity index (χ1) is 9.00. The smallest absolute Gasteiger partial charge is 0.309 e. The van der Waals surface area contributed by atoms with Crippen LogP contribution in [-0.2, 0) is 9.59 Å². The first-order valence-corrected chi connectivity index (χ1v) is 6.61. The Balaban J connectivity index is 2.36. The Kier molecular flexibility index (Phi) is 6.06. The first-order valence-electron chi connectivity index (χ1n) is 6.61. The summed E-state index contributed by atoms with van der Waals surface area (Å²) in [7, 11) is 0. The minimum atomic E-state index is -0.566. The Bertz CT molecular complexity index is 415. The van der Waals surface area contributed by atoms with Gasteiger partial charge in [-0.15, -0.1) is 0 Å². The monoisotopic (exact) mass is 262 g/mol. The van der Waals surface area contributed by atoms with Crippen molar-refractivity contribution in [3.63, 3.8) is 0 Å². The van der Waals surface area contributed by atoms with Crippen molar-refractivity contribution in [3.8, 4) is 0 Å². The highest BCUT2D eigenvalue weighted by Gasteiger charge is 2.14. The van der Waals surface area contributed by atoms with E-state index in [1.165, 1.54) is 0 Å². The van der Waals surface area contributed by atoms with Crippen molar-refractivity contribution < 1.29 is 9.59 Å². The van der Waals surface area contributed by atoms with Crippen LogP contribution in [0, 0.1) is 5.92 Å². The minimum absolute atomic E-state index is 0.183. The molecular formula is C15H22N2O2. The molecule has 2 N–H and O–H groups in total. The molecular weight excluding hydrogens is 240 g/mol. The molecule has 0 bridgehead atoms. The molecule has 1 rings (SSSR count). The third-order valence-corrected chi connectivity index (χ3v) is 2.81. The average Bonchev–Trinajstić information content (AvgIpc) is 2.42. The highest BCUT2D eigenvalue weighted by Crippen LogP contribution is 2.12. The van der Waals surface area contributed by atoms with Crippen LogP contribution in [0.15, 0.2) is 30.3 Å². The Morgan fingerprint density at radius 3 is 2.00 bits per heavy atom. The van der Waals surface area contributed by atoms with E-state index in [4.69, 9.17) is 0 Å². The Hall–Kier alpha value is -1.84. The van der Waals surface area contributed by atoms with Crippen LogP contribution >= 0.6 is 0 Å². The van der Waals surface area contributed by atoms with Gasteiger partial charge in [-0.2, -0.15) is 0 Å². The maximum atomic E-state index is 11.6. The lowest BCUT2D eigenvalue weighted by molar-refractivity contribution is -0.139. The number of benzene rings is 1. The largest absolute Gasteiger partial charge is 0.348 e. The van der Waals surface area contributed by atoms with E-state index in [2.05, 4.69) is 10.6 Å². The van der Waals surface area contributed by atoms with Gasteiger partial charge in [-0.25, -0.2) is 0 Å². The van der Waals surface area contributed by atoms with Crippen molar-refractivity contribution in [2.75, 3.05) is 13.1 Å². The molecule has 0 aliphatic heterocycles. The van der Waals surface area contributed by atoms with Gasteiger partial charge in [0.15, 0.2) is 0 Å². The fourth-order valence-corrected chi connectivity index (χ4v) is 1.60. The van der Waals surface area contributed by atoms with E-state index >= 15 is 0 Å². The molecule has 0 radical (unpaired) electrons. The molecule has 1 atom stereocenters. The van der Waals surface area contributed by atoms with Gasteiger partial charge in [-0.1, -0.05) is 51.1 Å². The summed E-state index contributed by atoms with van der Waals surface area (Å²) in [6, 6.07) is 9.89. The number of hydrogen-bond acceptors (Lipinski definition) is 2. The molecule has 0 saturated carbocycles. The number of carbonyl (C=O) groups is 2. The van der Waals surface area contributed by atoms with E-state index in [1.54, 1.807) is 0 Å². The summed E-state index contributed by atoms with van der Waals surface area (Å²) >= 11 is 0. The zero-order valence-electron chi connectivity index (χ0n) is 11.8. The van der Waals surface area contributed by atoms with Crippen molar-refractivity contribution >= 4 is 11.8 Å². The van der Waals surface area contributed by atoms with E-state index in [0.29, 0.717) is 19.0 Å². The van der Waals surface area contributed by atoms with Gasteiger partial charge in [0.05, 0.1) is 0 Å². The van der Waals surface area contributed by atoms with Crippen LogP contribution in [0.2, 0.25) is 0 Å². The molecule has 0 aromatic heterocycles. The van der Waals surface area contributed by atoms with Gasteiger partial charge in [0.1, 0.15) is 0 Å². The SMILES string of the molecule is CC(C)CNC(=O)C(=O)NC[C@@H](C)c1ccccc1. The highest BCUT2D eigenvalue weighted by molar-refractivity contribution is 6.35. The number of nitrogens with one attached hydrogen (secondary N) is 2. The van der Waals surface area contributed by atoms with Crippen LogP contribution in [0.4, 0.5) is 0 Å². The molecule has 4 heteroatoms. The van der Waals surface area contributed by atoms with Crippen LogP contribution in [0.3, 0.4) is 0 Å². The van der Waals surface area contributed by atoms with Crippen LogP contribution in [0.1, 0.15) is 32.3 Å². The first kappa shape index (κ1) is 15.2. The molecule has 0 saturated heterocycles. The van der Waals surface area contributed by atoms with Crippen molar-refractivity contribution in [1.29, 1.82) is 0 Å². The zero-order chi connectivity index (χ0) is 14.3. The third-order valence-electron chi connectivity index (χ3n) is 2.81. The zero-order valence-corrected chi connectivity index (χ0v) is 11.8. The minimum Gasteiger partial charge on any atom is -0.348 e. The molecule has 1 aromatic rings. The van der Waals surface area contributed by atoms with Gasteiger partial charge in [0.25, 0.3) is 0 Å². The number of carbonyl (C=O) groups excluding carboxylic acids is 2. The standard InChI is InChI=1S/C15H22N2O2/c1-11(2)9-16-14(18)15(19)17-10-12(3)13-7-5-4-6-8-13/h4-8,11-12H,9-10H2,1-3H3,(H,16,18)(H,17,19)/t12-/m1/s1. The van der Waals surface area contributed by atoms with E-state index in [-0.39, 0.29) is 5.92 Å². The normalized spacial score (nSPS) is 12.0. The van der Waals surface area contributed by atoms with Gasteiger partial charge < -0.3 is 10.6 Å². The number of hydrogen-bond donors (Lipinski definition) is 2. The predicted molar refractivity (Wildman–Crippen MR) is 75.7 cm³/mol. The Morgan fingerprint density at radius 1 is 0.947 bits per heavy atom. The van der Waals surface area contributed by atoms with Crippen molar-refractivity contribution in [3.05, 3.63) is 35.9 Å². The molecule has 0 heterocycles. The summed E-state index contributed by atoms with van der Waals surface area (Å²) in [5.74, 6) is -0.611. The topological polar surface area (TPSA) is 58.2 Å². The molecule has 4 nitrogen and oxygen atoms in total. The van der Waals surface area contributed by atoms with Gasteiger partial charge in [-0.3, -0.25) is 9.59 Å². The Morgan fingerprint density at radius 2 is 1.47 bits per heavy atom. The van der Waals surface area contributed by atoms with Crippen LogP contribution in [0.25, 0.3) is 0 Å². The lowest BCUT2D eigenvalue weighted by Crippen LogP contribution is -2.42. The van der Waals surface area contributed by atoms with E-state index in [1.807, 2.05) is 51.1 Å². The summed E-state index contributed by atoms with van der Waals surface area (Å²) in [5, 5.41) is 5.25. The van der Waals surface area contributed by atoms with Gasteiger partial charge in [0, 0.05) is 13.1 Å². The lowest BCUT2D eigenvalue weighted by atomic mass is 10.0. The molecule has 0 aliphatic carbocycles. The van der Waals surface area contributed by atoms with Crippen LogP contribution in [-0.4, -0.2) is 24.9 Å². The van der Waals surface area contributed by atoms with Crippen LogP contribution < -0.4 is 10.6 Å². The number of amides is 2. The van der Waals surface area contributed by atoms with Crippen molar-refractivity contribution in [2.24, 2.45) is 5.92 Å². The van der Waals surface area contributed by atoms with Gasteiger partial charge in [0.2, 0.25) is 0 Å². The second-order valence-corrected chi connectivity index (χ2v) is 5.13. The summed E-state index contributed by atoms with van der Waals surface area (Å²) in [5.41, 5.74) is 1.14. The highest BCUT2D eigenvalue weighted by atomic mass is 16.2. The lowest BCUT2D eigenvalue weighted by Gasteiger charge is -2.13. The maximum absolute atomic E-state index is 11.6. The summed E-state index contributed by atoms with van der Waals surface area (Å²) < 4.78 is 0. The van der Waals surface area contributed by atoms with Gasteiger partial charge in [-0.05, 0) is 17.4 Å². The molecule has 0 unspecified atom stereocenters. The maximum Gasteiger partial charge on any atom is 0.309 e. The fourth-order valence-electron chi connectivity index (χ4n) is 1.60. The van der Waals surface area contributed by atoms with Gasteiger partial charge >= 0.3 is 11.8 Å². The quantitative estimate of drug-likeness (QED) is 0.793. The predicted octanol–water partition coefficient (Wildman–Crippen LogP) is 1.68. The average molecular weight is 262 g/mol. The molecule has 0 spiro atoms. The molecule has 0 aliphatic rings.